The third-order valence-corrected chi connectivity index (χ3v) is 2.68. The zero-order valence-electron chi connectivity index (χ0n) is 8.24. The Morgan fingerprint density at radius 3 is 2.69 bits per heavy atom. The van der Waals surface area contributed by atoms with Gasteiger partial charge in [0.2, 0.25) is 0 Å². The molecule has 13 heavy (non-hydrogen) atoms. The molecule has 4 nitrogen and oxygen atoms in total. The number of amides is 1. The lowest BCUT2D eigenvalue weighted by atomic mass is 10.5. The van der Waals surface area contributed by atoms with E-state index in [1.165, 1.54) is 16.2 Å². The van der Waals surface area contributed by atoms with Crippen LogP contribution in [0.5, 0.6) is 0 Å². The first kappa shape index (κ1) is 9.98. The summed E-state index contributed by atoms with van der Waals surface area (Å²) in [5.41, 5.74) is 0.921. The van der Waals surface area contributed by atoms with Crippen LogP contribution in [0.3, 0.4) is 0 Å². The number of hydrogen-bond donors (Lipinski definition) is 0. The summed E-state index contributed by atoms with van der Waals surface area (Å²) in [5, 5.41) is 1.92. The highest BCUT2D eigenvalue weighted by Gasteiger charge is 2.11. The lowest BCUT2D eigenvalue weighted by Crippen LogP contribution is -2.34. The molecule has 0 saturated heterocycles. The Balaban J connectivity index is 3.28. The Labute approximate surface area is 81.1 Å². The second-order valence-electron chi connectivity index (χ2n) is 2.90. The van der Waals surface area contributed by atoms with Crippen molar-refractivity contribution in [2.75, 3.05) is 21.1 Å². The Morgan fingerprint density at radius 1 is 1.62 bits per heavy atom. The van der Waals surface area contributed by atoms with Crippen molar-refractivity contribution in [3.63, 3.8) is 0 Å². The normalized spacial score (nSPS) is 11.8. The van der Waals surface area contributed by atoms with Crippen LogP contribution in [0.4, 0.5) is 4.79 Å². The van der Waals surface area contributed by atoms with Crippen LogP contribution in [0.2, 0.25) is 0 Å². The molecule has 0 aliphatic heterocycles. The van der Waals surface area contributed by atoms with Crippen molar-refractivity contribution < 1.29 is 4.79 Å². The lowest BCUT2D eigenvalue weighted by molar-refractivity contribution is 0.218. The van der Waals surface area contributed by atoms with E-state index in [0.717, 1.165) is 10.5 Å². The number of aryl methyl sites for hydroxylation is 1. The van der Waals surface area contributed by atoms with Crippen LogP contribution in [0.15, 0.2) is 10.4 Å². The molecule has 1 aromatic heterocycles. The Bertz CT molecular complexity index is 375. The SMILES string of the molecule is CN=c1scc(C)n1C(=O)N(C)C. The zero-order valence-corrected chi connectivity index (χ0v) is 9.05. The van der Waals surface area contributed by atoms with Gasteiger partial charge in [-0.1, -0.05) is 0 Å². The molecule has 0 radical (unpaired) electrons. The average Bonchev–Trinajstić information content (AvgIpc) is 2.45. The van der Waals surface area contributed by atoms with Gasteiger partial charge in [0.15, 0.2) is 4.80 Å². The number of carbonyl (C=O) groups is 1. The highest BCUT2D eigenvalue weighted by Crippen LogP contribution is 2.00. The van der Waals surface area contributed by atoms with Crippen molar-refractivity contribution >= 4 is 17.4 Å². The summed E-state index contributed by atoms with van der Waals surface area (Å²) in [6, 6.07) is -0.0562. The molecule has 1 amide bonds. The largest absolute Gasteiger partial charge is 0.330 e. The minimum Gasteiger partial charge on any atom is -0.330 e. The predicted molar refractivity (Wildman–Crippen MR) is 53.0 cm³/mol. The van der Waals surface area contributed by atoms with E-state index >= 15 is 0 Å². The van der Waals surface area contributed by atoms with Crippen LogP contribution in [-0.2, 0) is 0 Å². The topological polar surface area (TPSA) is 37.6 Å². The number of rotatable bonds is 0. The molecule has 1 heterocycles. The maximum Gasteiger partial charge on any atom is 0.330 e. The summed E-state index contributed by atoms with van der Waals surface area (Å²) < 4.78 is 1.60. The summed E-state index contributed by atoms with van der Waals surface area (Å²) in [5.74, 6) is 0. The first-order valence-corrected chi connectivity index (χ1v) is 4.77. The second-order valence-corrected chi connectivity index (χ2v) is 3.73. The quantitative estimate of drug-likeness (QED) is 0.612. The third-order valence-electron chi connectivity index (χ3n) is 1.64. The minimum absolute atomic E-state index is 0.0562. The van der Waals surface area contributed by atoms with Crippen LogP contribution in [0.1, 0.15) is 5.69 Å². The smallest absolute Gasteiger partial charge is 0.330 e. The molecule has 0 unspecified atom stereocenters. The van der Waals surface area contributed by atoms with E-state index in [2.05, 4.69) is 4.99 Å². The number of aromatic nitrogens is 1. The summed E-state index contributed by atoms with van der Waals surface area (Å²) in [4.78, 5) is 17.9. The lowest BCUT2D eigenvalue weighted by Gasteiger charge is -2.11. The van der Waals surface area contributed by atoms with Gasteiger partial charge < -0.3 is 4.90 Å². The molecule has 1 rings (SSSR count). The van der Waals surface area contributed by atoms with Gasteiger partial charge in [-0.25, -0.2) is 9.36 Å². The first-order chi connectivity index (χ1) is 6.07. The molecule has 5 heteroatoms. The van der Waals surface area contributed by atoms with Gasteiger partial charge in [-0.05, 0) is 6.92 Å². The standard InChI is InChI=1S/C8H13N3OS/c1-6-5-13-7(9-2)11(6)8(12)10(3)4/h5H,1-4H3. The van der Waals surface area contributed by atoms with Crippen molar-refractivity contribution in [2.45, 2.75) is 6.92 Å². The highest BCUT2D eigenvalue weighted by molar-refractivity contribution is 7.07. The van der Waals surface area contributed by atoms with Crippen LogP contribution in [0, 0.1) is 6.92 Å². The monoisotopic (exact) mass is 199 g/mol. The van der Waals surface area contributed by atoms with E-state index in [1.54, 1.807) is 25.7 Å². The fraction of sp³-hybridized carbons (Fsp3) is 0.500. The molecule has 0 N–H and O–H groups in total. The molecule has 0 spiro atoms. The summed E-state index contributed by atoms with van der Waals surface area (Å²) in [6.45, 7) is 1.90. The maximum atomic E-state index is 11.6. The van der Waals surface area contributed by atoms with Gasteiger partial charge in [0.05, 0.1) is 0 Å². The predicted octanol–water partition coefficient (Wildman–Crippen LogP) is 0.918. The maximum absolute atomic E-state index is 11.6. The molecule has 0 fully saturated rings. The summed E-state index contributed by atoms with van der Waals surface area (Å²) in [6.07, 6.45) is 0. The van der Waals surface area contributed by atoms with Crippen molar-refractivity contribution in [3.8, 4) is 0 Å². The molecule has 0 atom stereocenters. The Morgan fingerprint density at radius 2 is 2.23 bits per heavy atom. The van der Waals surface area contributed by atoms with Crippen molar-refractivity contribution in [3.05, 3.63) is 15.9 Å². The molecule has 0 aromatic carbocycles. The van der Waals surface area contributed by atoms with Gasteiger partial charge in [-0.15, -0.1) is 11.3 Å². The van der Waals surface area contributed by atoms with Crippen LogP contribution in [0.25, 0.3) is 0 Å². The van der Waals surface area contributed by atoms with Gasteiger partial charge in [0.25, 0.3) is 0 Å². The van der Waals surface area contributed by atoms with E-state index < -0.39 is 0 Å². The van der Waals surface area contributed by atoms with E-state index in [-0.39, 0.29) is 6.03 Å². The molecule has 72 valence electrons. The van der Waals surface area contributed by atoms with Gasteiger partial charge in [-0.2, -0.15) is 0 Å². The van der Waals surface area contributed by atoms with E-state index in [9.17, 15) is 4.79 Å². The van der Waals surface area contributed by atoms with Crippen LogP contribution < -0.4 is 4.80 Å². The van der Waals surface area contributed by atoms with Crippen molar-refractivity contribution in [1.82, 2.24) is 9.47 Å². The average molecular weight is 199 g/mol. The third kappa shape index (κ3) is 1.80. The molecular formula is C8H13N3OS. The molecule has 0 saturated carbocycles. The van der Waals surface area contributed by atoms with E-state index in [4.69, 9.17) is 0 Å². The van der Waals surface area contributed by atoms with Gasteiger partial charge in [0.1, 0.15) is 0 Å². The molecule has 0 aliphatic rings. The fourth-order valence-corrected chi connectivity index (χ4v) is 1.79. The minimum atomic E-state index is -0.0562. The summed E-state index contributed by atoms with van der Waals surface area (Å²) in [7, 11) is 5.14. The van der Waals surface area contributed by atoms with Crippen LogP contribution in [-0.4, -0.2) is 36.6 Å². The molecule has 0 aliphatic carbocycles. The molecule has 0 bridgehead atoms. The van der Waals surface area contributed by atoms with Crippen LogP contribution >= 0.6 is 11.3 Å². The van der Waals surface area contributed by atoms with E-state index in [1.807, 2.05) is 12.3 Å². The summed E-state index contributed by atoms with van der Waals surface area (Å²) >= 11 is 1.47. The highest BCUT2D eigenvalue weighted by atomic mass is 32.1. The Kier molecular flexibility index (Phi) is 2.87. The van der Waals surface area contributed by atoms with Gasteiger partial charge >= 0.3 is 6.03 Å². The Hall–Kier alpha value is -1.10. The number of hydrogen-bond acceptors (Lipinski definition) is 3. The van der Waals surface area contributed by atoms with E-state index in [0.29, 0.717) is 0 Å². The van der Waals surface area contributed by atoms with Crippen molar-refractivity contribution in [2.24, 2.45) is 4.99 Å². The number of carbonyl (C=O) groups excluding carboxylic acids is 1. The molecule has 1 aromatic rings. The fourth-order valence-electron chi connectivity index (χ4n) is 0.980. The molecular weight excluding hydrogens is 186 g/mol. The van der Waals surface area contributed by atoms with Gasteiger partial charge in [-0.3, -0.25) is 4.99 Å². The number of thiazole rings is 1. The zero-order chi connectivity index (χ0) is 10.0. The second kappa shape index (κ2) is 3.74. The first-order valence-electron chi connectivity index (χ1n) is 3.89. The number of nitrogens with zero attached hydrogens (tertiary/aromatic N) is 3. The van der Waals surface area contributed by atoms with Crippen molar-refractivity contribution in [1.29, 1.82) is 0 Å². The van der Waals surface area contributed by atoms with Gasteiger partial charge in [0, 0.05) is 32.2 Å².